The maximum absolute atomic E-state index is 13.8. The summed E-state index contributed by atoms with van der Waals surface area (Å²) in [5.41, 5.74) is 8.61. The molecule has 2 aromatic rings. The number of halogens is 3. The van der Waals surface area contributed by atoms with Crippen LogP contribution in [0.2, 0.25) is 0 Å². The molecule has 0 aliphatic carbocycles. The number of hydrogen-bond acceptors (Lipinski definition) is 3. The molecule has 2 rings (SSSR count). The van der Waals surface area contributed by atoms with Crippen LogP contribution >= 0.6 is 24.8 Å². The van der Waals surface area contributed by atoms with Crippen LogP contribution in [0, 0.1) is 11.7 Å². The minimum atomic E-state index is -0.362. The van der Waals surface area contributed by atoms with Gasteiger partial charge in [0, 0.05) is 24.7 Å². The number of carbonyl (C=O) groups is 1. The summed E-state index contributed by atoms with van der Waals surface area (Å²) in [7, 11) is 3.78. The van der Waals surface area contributed by atoms with Gasteiger partial charge in [0.25, 0.3) is 0 Å². The van der Waals surface area contributed by atoms with E-state index in [1.54, 1.807) is 12.1 Å². The van der Waals surface area contributed by atoms with E-state index < -0.39 is 0 Å². The monoisotopic (exact) mass is 415 g/mol. The minimum absolute atomic E-state index is 0. The van der Waals surface area contributed by atoms with Gasteiger partial charge in [-0.25, -0.2) is 4.39 Å². The van der Waals surface area contributed by atoms with Crippen molar-refractivity contribution in [1.29, 1.82) is 0 Å². The fraction of sp³-hybridized carbons (Fsp3) is 0.350. The Hall–Kier alpha value is -1.66. The number of amides is 1. The van der Waals surface area contributed by atoms with Gasteiger partial charge in [-0.3, -0.25) is 4.79 Å². The number of carbonyl (C=O) groups excluding carboxylic acids is 1. The predicted molar refractivity (Wildman–Crippen MR) is 113 cm³/mol. The first-order chi connectivity index (χ1) is 11.9. The zero-order chi connectivity index (χ0) is 18.4. The first-order valence-corrected chi connectivity index (χ1v) is 8.38. The van der Waals surface area contributed by atoms with Crippen LogP contribution in [0.15, 0.2) is 48.5 Å². The van der Waals surface area contributed by atoms with E-state index in [2.05, 4.69) is 5.32 Å². The quantitative estimate of drug-likeness (QED) is 0.724. The van der Waals surface area contributed by atoms with Crippen LogP contribution < -0.4 is 11.1 Å². The van der Waals surface area contributed by atoms with Crippen LogP contribution in [-0.2, 0) is 17.9 Å². The van der Waals surface area contributed by atoms with Crippen molar-refractivity contribution in [2.45, 2.75) is 26.1 Å². The molecule has 7 heteroatoms. The lowest BCUT2D eigenvalue weighted by Crippen LogP contribution is -2.35. The van der Waals surface area contributed by atoms with E-state index in [9.17, 15) is 9.18 Å². The number of hydrogen-bond donors (Lipinski definition) is 2. The summed E-state index contributed by atoms with van der Waals surface area (Å²) >= 11 is 0. The van der Waals surface area contributed by atoms with Crippen LogP contribution in [-0.4, -0.2) is 24.9 Å². The maximum Gasteiger partial charge on any atom is 0.225 e. The Kier molecular flexibility index (Phi) is 11.2. The molecule has 0 radical (unpaired) electrons. The van der Waals surface area contributed by atoms with Crippen molar-refractivity contribution in [3.05, 3.63) is 71.0 Å². The molecule has 0 bridgehead atoms. The molecule has 0 spiro atoms. The zero-order valence-electron chi connectivity index (χ0n) is 15.8. The lowest BCUT2D eigenvalue weighted by Gasteiger charge is -2.20. The molecule has 0 aliphatic rings. The molecule has 150 valence electrons. The van der Waals surface area contributed by atoms with Crippen molar-refractivity contribution in [2.75, 3.05) is 14.1 Å². The van der Waals surface area contributed by atoms with E-state index in [0.29, 0.717) is 18.7 Å². The van der Waals surface area contributed by atoms with E-state index in [4.69, 9.17) is 5.73 Å². The van der Waals surface area contributed by atoms with E-state index >= 15 is 0 Å². The third-order valence-corrected chi connectivity index (χ3v) is 4.20. The second-order valence-corrected chi connectivity index (χ2v) is 6.61. The summed E-state index contributed by atoms with van der Waals surface area (Å²) in [5, 5.41) is 2.89. The van der Waals surface area contributed by atoms with E-state index in [-0.39, 0.29) is 48.5 Å². The topological polar surface area (TPSA) is 58.4 Å². The molecule has 27 heavy (non-hydrogen) atoms. The largest absolute Gasteiger partial charge is 0.352 e. The molecule has 4 nitrogen and oxygen atoms in total. The average Bonchev–Trinajstić information content (AvgIpc) is 2.61. The molecule has 1 amide bonds. The van der Waals surface area contributed by atoms with Gasteiger partial charge in [-0.2, -0.15) is 0 Å². The third-order valence-electron chi connectivity index (χ3n) is 4.20. The summed E-state index contributed by atoms with van der Waals surface area (Å²) in [5.74, 6) is -0.706. The molecule has 2 aromatic carbocycles. The van der Waals surface area contributed by atoms with Crippen LogP contribution in [0.4, 0.5) is 4.39 Å². The molecule has 2 atom stereocenters. The van der Waals surface area contributed by atoms with Gasteiger partial charge in [-0.15, -0.1) is 24.8 Å². The molecular weight excluding hydrogens is 388 g/mol. The Balaban J connectivity index is 0.00000338. The Bertz CT molecular complexity index is 714. The van der Waals surface area contributed by atoms with Crippen molar-refractivity contribution in [2.24, 2.45) is 11.7 Å². The maximum atomic E-state index is 13.8. The highest BCUT2D eigenvalue weighted by Crippen LogP contribution is 2.19. The lowest BCUT2D eigenvalue weighted by molar-refractivity contribution is -0.125. The zero-order valence-corrected chi connectivity index (χ0v) is 17.4. The molecule has 0 saturated carbocycles. The molecular formula is C20H28Cl2FN3O. The van der Waals surface area contributed by atoms with Crippen LogP contribution in [0.25, 0.3) is 0 Å². The smallest absolute Gasteiger partial charge is 0.225 e. The normalized spacial score (nSPS) is 12.5. The van der Waals surface area contributed by atoms with Gasteiger partial charge >= 0.3 is 0 Å². The Morgan fingerprint density at radius 3 is 2.37 bits per heavy atom. The van der Waals surface area contributed by atoms with Crippen molar-refractivity contribution in [3.63, 3.8) is 0 Å². The second kappa shape index (κ2) is 11.9. The van der Waals surface area contributed by atoms with Gasteiger partial charge in [-0.1, -0.05) is 43.3 Å². The van der Waals surface area contributed by atoms with E-state index in [1.807, 2.05) is 56.3 Å². The molecule has 0 aromatic heterocycles. The summed E-state index contributed by atoms with van der Waals surface area (Å²) < 4.78 is 13.8. The minimum Gasteiger partial charge on any atom is -0.352 e. The predicted octanol–water partition coefficient (Wildman–Crippen LogP) is 3.68. The highest BCUT2D eigenvalue weighted by Gasteiger charge is 2.21. The SMILES string of the molecule is CC(C(=O)NCc1ccc(F)c(CN(C)C)c1)C(N)c1ccccc1.Cl.Cl. The first kappa shape index (κ1) is 25.3. The van der Waals surface area contributed by atoms with Gasteiger partial charge < -0.3 is 16.0 Å². The average molecular weight is 416 g/mol. The number of nitrogens with zero attached hydrogens (tertiary/aromatic N) is 1. The number of benzene rings is 2. The highest BCUT2D eigenvalue weighted by atomic mass is 35.5. The van der Waals surface area contributed by atoms with Crippen molar-refractivity contribution in [1.82, 2.24) is 10.2 Å². The number of rotatable bonds is 7. The second-order valence-electron chi connectivity index (χ2n) is 6.61. The summed E-state index contributed by atoms with van der Waals surface area (Å²) in [4.78, 5) is 14.3. The molecule has 3 N–H and O–H groups in total. The van der Waals surface area contributed by atoms with Crippen LogP contribution in [0.1, 0.15) is 29.7 Å². The third kappa shape index (κ3) is 7.46. The molecule has 0 aliphatic heterocycles. The molecule has 0 fully saturated rings. The molecule has 2 unspecified atom stereocenters. The summed E-state index contributed by atoms with van der Waals surface area (Å²) in [6.45, 7) is 2.68. The molecule has 0 saturated heterocycles. The van der Waals surface area contributed by atoms with Gasteiger partial charge in [0.2, 0.25) is 5.91 Å². The van der Waals surface area contributed by atoms with Crippen molar-refractivity contribution >= 4 is 30.7 Å². The van der Waals surface area contributed by atoms with E-state index in [1.165, 1.54) is 6.07 Å². The molecule has 0 heterocycles. The number of nitrogens with one attached hydrogen (secondary N) is 1. The van der Waals surface area contributed by atoms with Crippen LogP contribution in [0.3, 0.4) is 0 Å². The Labute approximate surface area is 173 Å². The Morgan fingerprint density at radius 1 is 1.15 bits per heavy atom. The van der Waals surface area contributed by atoms with Crippen LogP contribution in [0.5, 0.6) is 0 Å². The fourth-order valence-electron chi connectivity index (χ4n) is 2.68. The van der Waals surface area contributed by atoms with Crippen molar-refractivity contribution < 1.29 is 9.18 Å². The van der Waals surface area contributed by atoms with Crippen molar-refractivity contribution in [3.8, 4) is 0 Å². The lowest BCUT2D eigenvalue weighted by atomic mass is 9.94. The van der Waals surface area contributed by atoms with Gasteiger partial charge in [0.1, 0.15) is 5.82 Å². The fourth-order valence-corrected chi connectivity index (χ4v) is 2.68. The standard InChI is InChI=1S/C20H26FN3O.2ClH/c1-14(19(22)16-7-5-4-6-8-16)20(25)23-12-15-9-10-18(21)17(11-15)13-24(2)3;;/h4-11,14,19H,12-13,22H2,1-3H3,(H,23,25);2*1H. The number of nitrogens with two attached hydrogens (primary N) is 1. The van der Waals surface area contributed by atoms with E-state index in [0.717, 1.165) is 11.1 Å². The van der Waals surface area contributed by atoms with Gasteiger partial charge in [0.15, 0.2) is 0 Å². The summed E-state index contributed by atoms with van der Waals surface area (Å²) in [6, 6.07) is 14.1. The summed E-state index contributed by atoms with van der Waals surface area (Å²) in [6.07, 6.45) is 0. The first-order valence-electron chi connectivity index (χ1n) is 8.38. The Morgan fingerprint density at radius 2 is 1.78 bits per heavy atom. The van der Waals surface area contributed by atoms with Gasteiger partial charge in [-0.05, 0) is 37.4 Å². The van der Waals surface area contributed by atoms with Gasteiger partial charge in [0.05, 0.1) is 5.92 Å². The highest BCUT2D eigenvalue weighted by molar-refractivity contribution is 5.85.